The quantitative estimate of drug-likeness (QED) is 0.391. The Morgan fingerprint density at radius 2 is 0.931 bits per heavy atom. The van der Waals surface area contributed by atoms with Gasteiger partial charge in [-0.15, -0.1) is 0 Å². The molecule has 0 saturated heterocycles. The molecule has 4 aromatic carbocycles. The first-order chi connectivity index (χ1) is 14.1. The molecular formula is C27H22O2. The highest BCUT2D eigenvalue weighted by Gasteiger charge is 2.49. The third-order valence-electron chi connectivity index (χ3n) is 6.20. The maximum atomic E-state index is 11.1. The van der Waals surface area contributed by atoms with E-state index < -0.39 is 5.41 Å². The van der Waals surface area contributed by atoms with Crippen molar-refractivity contribution in [2.45, 2.75) is 19.3 Å². The molecule has 142 valence electrons. The molecule has 0 aliphatic heterocycles. The van der Waals surface area contributed by atoms with Crippen molar-refractivity contribution in [2.24, 2.45) is 0 Å². The zero-order valence-corrected chi connectivity index (χ0v) is 16.5. The molecule has 29 heavy (non-hydrogen) atoms. The van der Waals surface area contributed by atoms with E-state index in [0.717, 1.165) is 44.5 Å². The second kappa shape index (κ2) is 6.25. The molecule has 0 amide bonds. The minimum absolute atomic E-state index is 0.235. The summed E-state index contributed by atoms with van der Waals surface area (Å²) in [4.78, 5) is 0. The number of phenolic OH excluding ortho intramolecular Hbond substituents is 2. The molecule has 2 heteroatoms. The van der Waals surface area contributed by atoms with Crippen molar-refractivity contribution in [3.8, 4) is 22.6 Å². The summed E-state index contributed by atoms with van der Waals surface area (Å²) < 4.78 is 0. The van der Waals surface area contributed by atoms with E-state index in [-0.39, 0.29) is 11.5 Å². The molecule has 0 fully saturated rings. The van der Waals surface area contributed by atoms with E-state index in [0.29, 0.717) is 0 Å². The van der Waals surface area contributed by atoms with Gasteiger partial charge in [0, 0.05) is 11.1 Å². The first kappa shape index (κ1) is 17.6. The predicted molar refractivity (Wildman–Crippen MR) is 117 cm³/mol. The van der Waals surface area contributed by atoms with Crippen LogP contribution in [0.2, 0.25) is 0 Å². The Morgan fingerprint density at radius 3 is 1.34 bits per heavy atom. The van der Waals surface area contributed by atoms with Crippen LogP contribution in [-0.4, -0.2) is 10.2 Å². The summed E-state index contributed by atoms with van der Waals surface area (Å²) in [5.41, 5.74) is 7.24. The average molecular weight is 378 g/mol. The second-order valence-electron chi connectivity index (χ2n) is 7.78. The van der Waals surface area contributed by atoms with Crippen LogP contribution < -0.4 is 0 Å². The van der Waals surface area contributed by atoms with E-state index >= 15 is 0 Å². The minimum Gasteiger partial charge on any atom is -0.508 e. The molecule has 1 aliphatic carbocycles. The van der Waals surface area contributed by atoms with Crippen LogP contribution in [0.1, 0.15) is 33.4 Å². The predicted octanol–water partition coefficient (Wildman–Crippen LogP) is 6.08. The fourth-order valence-electron chi connectivity index (χ4n) is 5.18. The lowest BCUT2D eigenvalue weighted by Crippen LogP contribution is -2.30. The first-order valence-corrected chi connectivity index (χ1v) is 9.84. The van der Waals surface area contributed by atoms with E-state index in [1.54, 1.807) is 12.1 Å². The highest BCUT2D eigenvalue weighted by atomic mass is 16.3. The standard InChI is InChI=1S/C27H22O2/c1-17-9-7-15-23(28)25(17)27(26-18(2)10-8-16-24(26)29)21-13-5-3-11-19(21)20-12-4-6-14-22(20)27/h3-16,28-29H,1-2H3. The molecular weight excluding hydrogens is 356 g/mol. The van der Waals surface area contributed by atoms with Gasteiger partial charge in [0.1, 0.15) is 11.5 Å². The average Bonchev–Trinajstić information content (AvgIpc) is 3.00. The Hall–Kier alpha value is -3.52. The first-order valence-electron chi connectivity index (χ1n) is 9.84. The molecule has 5 rings (SSSR count). The lowest BCUT2D eigenvalue weighted by atomic mass is 9.65. The maximum Gasteiger partial charge on any atom is 0.120 e. The van der Waals surface area contributed by atoms with E-state index in [2.05, 4.69) is 24.3 Å². The zero-order valence-electron chi connectivity index (χ0n) is 16.5. The van der Waals surface area contributed by atoms with Gasteiger partial charge in [-0.05, 0) is 59.4 Å². The van der Waals surface area contributed by atoms with Crippen molar-refractivity contribution in [1.29, 1.82) is 0 Å². The molecule has 0 unspecified atom stereocenters. The molecule has 4 aromatic rings. The fraction of sp³-hybridized carbons (Fsp3) is 0.111. The van der Waals surface area contributed by atoms with E-state index in [9.17, 15) is 10.2 Å². The van der Waals surface area contributed by atoms with Gasteiger partial charge in [-0.1, -0.05) is 72.8 Å². The smallest absolute Gasteiger partial charge is 0.120 e. The fourth-order valence-corrected chi connectivity index (χ4v) is 5.18. The second-order valence-corrected chi connectivity index (χ2v) is 7.78. The van der Waals surface area contributed by atoms with E-state index in [1.165, 1.54) is 0 Å². The molecule has 1 aliphatic rings. The van der Waals surface area contributed by atoms with Crippen LogP contribution in [-0.2, 0) is 5.41 Å². The highest BCUT2D eigenvalue weighted by Crippen LogP contribution is 2.60. The van der Waals surface area contributed by atoms with Crippen molar-refractivity contribution in [2.75, 3.05) is 0 Å². The topological polar surface area (TPSA) is 40.5 Å². The number of aromatic hydroxyl groups is 2. The molecule has 0 radical (unpaired) electrons. The number of benzene rings is 4. The van der Waals surface area contributed by atoms with Crippen LogP contribution in [0.25, 0.3) is 11.1 Å². The number of hydrogen-bond acceptors (Lipinski definition) is 2. The normalized spacial score (nSPS) is 13.7. The Kier molecular flexibility index (Phi) is 3.78. The molecule has 0 atom stereocenters. The van der Waals surface area contributed by atoms with Crippen molar-refractivity contribution < 1.29 is 10.2 Å². The highest BCUT2D eigenvalue weighted by molar-refractivity contribution is 5.88. The summed E-state index contributed by atoms with van der Waals surface area (Å²) in [5, 5.41) is 22.3. The third-order valence-corrected chi connectivity index (χ3v) is 6.20. The SMILES string of the molecule is Cc1cccc(O)c1C1(c2c(C)cccc2O)c2ccccc2-c2ccccc21. The molecule has 2 nitrogen and oxygen atoms in total. The van der Waals surface area contributed by atoms with Gasteiger partial charge < -0.3 is 10.2 Å². The van der Waals surface area contributed by atoms with Crippen LogP contribution in [0, 0.1) is 13.8 Å². The number of fused-ring (bicyclic) bond motifs is 3. The van der Waals surface area contributed by atoms with E-state index in [1.807, 2.05) is 62.4 Å². The Bertz CT molecular complexity index is 1110. The number of rotatable bonds is 2. The maximum absolute atomic E-state index is 11.1. The Morgan fingerprint density at radius 1 is 0.517 bits per heavy atom. The Balaban J connectivity index is 2.08. The van der Waals surface area contributed by atoms with Crippen molar-refractivity contribution in [3.05, 3.63) is 118 Å². The monoisotopic (exact) mass is 378 g/mol. The van der Waals surface area contributed by atoms with Crippen molar-refractivity contribution in [3.63, 3.8) is 0 Å². The van der Waals surface area contributed by atoms with Gasteiger partial charge >= 0.3 is 0 Å². The number of phenols is 2. The van der Waals surface area contributed by atoms with Gasteiger partial charge in [0.15, 0.2) is 0 Å². The number of aryl methyl sites for hydroxylation is 2. The zero-order chi connectivity index (χ0) is 20.2. The summed E-state index contributed by atoms with van der Waals surface area (Å²) in [6.45, 7) is 4.05. The minimum atomic E-state index is -0.794. The Labute approximate surface area is 170 Å². The van der Waals surface area contributed by atoms with Crippen LogP contribution in [0.4, 0.5) is 0 Å². The summed E-state index contributed by atoms with van der Waals surface area (Å²) in [7, 11) is 0. The lowest BCUT2D eigenvalue weighted by molar-refractivity contribution is 0.447. The molecule has 0 aromatic heterocycles. The van der Waals surface area contributed by atoms with Crippen molar-refractivity contribution >= 4 is 0 Å². The number of hydrogen-bond donors (Lipinski definition) is 2. The van der Waals surface area contributed by atoms with Gasteiger partial charge in [-0.2, -0.15) is 0 Å². The summed E-state index contributed by atoms with van der Waals surface area (Å²) in [5.74, 6) is 0.471. The van der Waals surface area contributed by atoms with Gasteiger partial charge in [-0.25, -0.2) is 0 Å². The van der Waals surface area contributed by atoms with Crippen LogP contribution in [0.3, 0.4) is 0 Å². The molecule has 0 heterocycles. The summed E-state index contributed by atoms with van der Waals surface area (Å²) in [6.07, 6.45) is 0. The van der Waals surface area contributed by atoms with Gasteiger partial charge in [-0.3, -0.25) is 0 Å². The molecule has 0 saturated carbocycles. The van der Waals surface area contributed by atoms with Gasteiger partial charge in [0.05, 0.1) is 5.41 Å². The van der Waals surface area contributed by atoms with Gasteiger partial charge in [0.25, 0.3) is 0 Å². The van der Waals surface area contributed by atoms with Crippen LogP contribution >= 0.6 is 0 Å². The third kappa shape index (κ3) is 2.23. The van der Waals surface area contributed by atoms with Crippen LogP contribution in [0.5, 0.6) is 11.5 Å². The van der Waals surface area contributed by atoms with Crippen molar-refractivity contribution in [1.82, 2.24) is 0 Å². The largest absolute Gasteiger partial charge is 0.508 e. The summed E-state index contributed by atoms with van der Waals surface area (Å²) in [6, 6.07) is 27.9. The van der Waals surface area contributed by atoms with Crippen LogP contribution in [0.15, 0.2) is 84.9 Å². The summed E-state index contributed by atoms with van der Waals surface area (Å²) >= 11 is 0. The van der Waals surface area contributed by atoms with Gasteiger partial charge in [0.2, 0.25) is 0 Å². The van der Waals surface area contributed by atoms with E-state index in [4.69, 9.17) is 0 Å². The molecule has 0 spiro atoms. The molecule has 0 bridgehead atoms. The lowest BCUT2D eigenvalue weighted by Gasteiger charge is -2.36. The molecule has 2 N–H and O–H groups in total.